The van der Waals surface area contributed by atoms with E-state index in [0.717, 1.165) is 21.9 Å². The average Bonchev–Trinajstić information content (AvgIpc) is 2.61. The van der Waals surface area contributed by atoms with E-state index in [9.17, 15) is 5.26 Å². The van der Waals surface area contributed by atoms with Gasteiger partial charge < -0.3 is 10.5 Å². The third-order valence-electron chi connectivity index (χ3n) is 4.13. The molecule has 0 amide bonds. The van der Waals surface area contributed by atoms with E-state index in [-0.39, 0.29) is 11.8 Å². The summed E-state index contributed by atoms with van der Waals surface area (Å²) in [4.78, 5) is 4.19. The highest BCUT2D eigenvalue weighted by atomic mass is 16.5. The molecular weight excluding hydrogens is 286 g/mol. The van der Waals surface area contributed by atoms with E-state index in [0.29, 0.717) is 11.3 Å². The SMILES string of the molecule is N#CC1=C(N)Oc2ccc3ccccc3c2[C@H]1c1cccnc1. The van der Waals surface area contributed by atoms with Crippen LogP contribution in [0.1, 0.15) is 17.0 Å². The highest BCUT2D eigenvalue weighted by molar-refractivity contribution is 5.90. The predicted octanol–water partition coefficient (Wildman–Crippen LogP) is 3.45. The van der Waals surface area contributed by atoms with Crippen molar-refractivity contribution in [3.05, 3.63) is 83.5 Å². The Hall–Kier alpha value is -3.32. The Bertz CT molecular complexity index is 971. The topological polar surface area (TPSA) is 71.9 Å². The minimum Gasteiger partial charge on any atom is -0.440 e. The van der Waals surface area contributed by atoms with E-state index in [2.05, 4.69) is 11.1 Å². The number of nitriles is 1. The zero-order valence-corrected chi connectivity index (χ0v) is 12.2. The zero-order valence-electron chi connectivity index (χ0n) is 12.2. The summed E-state index contributed by atoms with van der Waals surface area (Å²) < 4.78 is 5.71. The number of nitrogens with zero attached hydrogens (tertiary/aromatic N) is 2. The van der Waals surface area contributed by atoms with Crippen molar-refractivity contribution in [2.45, 2.75) is 5.92 Å². The highest BCUT2D eigenvalue weighted by Gasteiger charge is 2.32. The maximum absolute atomic E-state index is 9.60. The van der Waals surface area contributed by atoms with Crippen LogP contribution in [0, 0.1) is 11.3 Å². The molecule has 0 radical (unpaired) electrons. The summed E-state index contributed by atoms with van der Waals surface area (Å²) in [5.74, 6) is 0.571. The van der Waals surface area contributed by atoms with Gasteiger partial charge in [-0.2, -0.15) is 5.26 Å². The first-order valence-corrected chi connectivity index (χ1v) is 7.29. The van der Waals surface area contributed by atoms with E-state index < -0.39 is 0 Å². The molecule has 23 heavy (non-hydrogen) atoms. The Morgan fingerprint density at radius 1 is 1.09 bits per heavy atom. The quantitative estimate of drug-likeness (QED) is 0.747. The first kappa shape index (κ1) is 13.4. The van der Waals surface area contributed by atoms with Gasteiger partial charge in [0.15, 0.2) is 0 Å². The molecule has 1 aliphatic heterocycles. The van der Waals surface area contributed by atoms with E-state index in [1.807, 2.05) is 48.5 Å². The molecule has 4 rings (SSSR count). The Labute approximate surface area is 133 Å². The third-order valence-corrected chi connectivity index (χ3v) is 4.13. The number of ether oxygens (including phenoxy) is 1. The Kier molecular flexibility index (Phi) is 2.99. The highest BCUT2D eigenvalue weighted by Crippen LogP contribution is 2.45. The summed E-state index contributed by atoms with van der Waals surface area (Å²) in [6.45, 7) is 0. The van der Waals surface area contributed by atoms with Gasteiger partial charge in [0.05, 0.1) is 5.92 Å². The summed E-state index contributed by atoms with van der Waals surface area (Å²) in [6, 6.07) is 18.0. The molecule has 0 saturated carbocycles. The van der Waals surface area contributed by atoms with Crippen molar-refractivity contribution in [1.29, 1.82) is 5.26 Å². The van der Waals surface area contributed by atoms with Gasteiger partial charge in [-0.3, -0.25) is 4.98 Å². The lowest BCUT2D eigenvalue weighted by molar-refractivity contribution is 0.395. The second-order valence-electron chi connectivity index (χ2n) is 5.41. The molecule has 0 bridgehead atoms. The van der Waals surface area contributed by atoms with Gasteiger partial charge in [0.2, 0.25) is 5.88 Å². The third kappa shape index (κ3) is 2.02. The lowest BCUT2D eigenvalue weighted by Gasteiger charge is -2.27. The summed E-state index contributed by atoms with van der Waals surface area (Å²) in [5, 5.41) is 11.8. The monoisotopic (exact) mass is 299 g/mol. The first-order valence-electron chi connectivity index (χ1n) is 7.29. The zero-order chi connectivity index (χ0) is 15.8. The second kappa shape index (κ2) is 5.15. The van der Waals surface area contributed by atoms with Crippen LogP contribution in [0.5, 0.6) is 5.75 Å². The van der Waals surface area contributed by atoms with Crippen LogP contribution in [-0.4, -0.2) is 4.98 Å². The van der Waals surface area contributed by atoms with Crippen molar-refractivity contribution >= 4 is 10.8 Å². The van der Waals surface area contributed by atoms with E-state index in [1.54, 1.807) is 12.4 Å². The van der Waals surface area contributed by atoms with Crippen LogP contribution in [-0.2, 0) is 0 Å². The largest absolute Gasteiger partial charge is 0.440 e. The second-order valence-corrected chi connectivity index (χ2v) is 5.41. The Balaban J connectivity index is 2.08. The van der Waals surface area contributed by atoms with Crippen LogP contribution >= 0.6 is 0 Å². The normalized spacial score (nSPS) is 16.6. The molecule has 2 N–H and O–H groups in total. The van der Waals surface area contributed by atoms with Gasteiger partial charge in [-0.05, 0) is 28.5 Å². The molecule has 2 aromatic carbocycles. The predicted molar refractivity (Wildman–Crippen MR) is 87.5 cm³/mol. The summed E-state index contributed by atoms with van der Waals surface area (Å²) >= 11 is 0. The molecule has 1 atom stereocenters. The molecule has 2 heterocycles. The van der Waals surface area contributed by atoms with Crippen LogP contribution in [0.2, 0.25) is 0 Å². The van der Waals surface area contributed by atoms with Gasteiger partial charge in [-0.1, -0.05) is 36.4 Å². The van der Waals surface area contributed by atoms with Crippen LogP contribution in [0.4, 0.5) is 0 Å². The van der Waals surface area contributed by atoms with Crippen molar-refractivity contribution in [3.63, 3.8) is 0 Å². The number of pyridine rings is 1. The smallest absolute Gasteiger partial charge is 0.205 e. The van der Waals surface area contributed by atoms with Crippen molar-refractivity contribution in [1.82, 2.24) is 4.98 Å². The van der Waals surface area contributed by atoms with Gasteiger partial charge >= 0.3 is 0 Å². The number of fused-ring (bicyclic) bond motifs is 3. The lowest BCUT2D eigenvalue weighted by atomic mass is 9.82. The maximum Gasteiger partial charge on any atom is 0.205 e. The molecule has 0 aliphatic carbocycles. The van der Waals surface area contributed by atoms with Gasteiger partial charge in [-0.25, -0.2) is 0 Å². The van der Waals surface area contributed by atoms with Crippen molar-refractivity contribution < 1.29 is 4.74 Å². The van der Waals surface area contributed by atoms with E-state index in [4.69, 9.17) is 10.5 Å². The van der Waals surface area contributed by atoms with Crippen molar-refractivity contribution in [2.24, 2.45) is 5.73 Å². The molecule has 4 heteroatoms. The molecule has 4 nitrogen and oxygen atoms in total. The first-order chi connectivity index (χ1) is 11.3. The standard InChI is InChI=1S/C19H13N3O/c20-10-15-17(13-5-3-9-22-11-13)18-14-6-2-1-4-12(14)7-8-16(18)23-19(15)21/h1-9,11,17H,21H2/t17-/m0/s1. The number of rotatable bonds is 1. The van der Waals surface area contributed by atoms with Crippen molar-refractivity contribution in [3.8, 4) is 11.8 Å². The fraction of sp³-hybridized carbons (Fsp3) is 0.0526. The number of benzene rings is 2. The van der Waals surface area contributed by atoms with Gasteiger partial charge in [-0.15, -0.1) is 0 Å². The van der Waals surface area contributed by atoms with Crippen LogP contribution in [0.25, 0.3) is 10.8 Å². The molecule has 110 valence electrons. The van der Waals surface area contributed by atoms with Crippen LogP contribution in [0.15, 0.2) is 72.4 Å². The molecule has 1 aromatic heterocycles. The molecule has 0 fully saturated rings. The summed E-state index contributed by atoms with van der Waals surface area (Å²) in [6.07, 6.45) is 3.48. The van der Waals surface area contributed by atoms with Gasteiger partial charge in [0.25, 0.3) is 0 Å². The molecule has 3 aromatic rings. The number of hydrogen-bond acceptors (Lipinski definition) is 4. The van der Waals surface area contributed by atoms with Gasteiger partial charge in [0.1, 0.15) is 17.4 Å². The van der Waals surface area contributed by atoms with Crippen LogP contribution in [0.3, 0.4) is 0 Å². The summed E-state index contributed by atoms with van der Waals surface area (Å²) in [5.41, 5.74) is 8.29. The maximum atomic E-state index is 9.60. The molecule has 0 saturated heterocycles. The minimum atomic E-state index is -0.274. The number of hydrogen-bond donors (Lipinski definition) is 1. The lowest BCUT2D eigenvalue weighted by Crippen LogP contribution is -2.21. The summed E-state index contributed by atoms with van der Waals surface area (Å²) in [7, 11) is 0. The van der Waals surface area contributed by atoms with E-state index in [1.165, 1.54) is 0 Å². The number of nitrogens with two attached hydrogens (primary N) is 1. The minimum absolute atomic E-state index is 0.157. The van der Waals surface area contributed by atoms with Crippen molar-refractivity contribution in [2.75, 3.05) is 0 Å². The molecule has 0 unspecified atom stereocenters. The van der Waals surface area contributed by atoms with Gasteiger partial charge in [0, 0.05) is 18.0 Å². The Morgan fingerprint density at radius 2 is 1.96 bits per heavy atom. The molecule has 0 spiro atoms. The fourth-order valence-corrected chi connectivity index (χ4v) is 3.12. The Morgan fingerprint density at radius 3 is 2.74 bits per heavy atom. The van der Waals surface area contributed by atoms with E-state index >= 15 is 0 Å². The molecular formula is C19H13N3O. The fourth-order valence-electron chi connectivity index (χ4n) is 3.12. The average molecular weight is 299 g/mol. The number of allylic oxidation sites excluding steroid dienone is 1. The molecule has 1 aliphatic rings. The number of aromatic nitrogens is 1. The van der Waals surface area contributed by atoms with Crippen LogP contribution < -0.4 is 10.5 Å².